The van der Waals surface area contributed by atoms with E-state index in [9.17, 15) is 4.79 Å². The SMILES string of the molecule is CN(Cc1ccoc1)C(=O)N1CCCCCC1. The molecule has 0 radical (unpaired) electrons. The molecule has 17 heavy (non-hydrogen) atoms. The Bertz CT molecular complexity index is 340. The molecule has 0 N–H and O–H groups in total. The summed E-state index contributed by atoms with van der Waals surface area (Å²) in [6, 6.07) is 2.03. The minimum absolute atomic E-state index is 0.133. The number of likely N-dealkylation sites (tertiary alicyclic amines) is 1. The average molecular weight is 236 g/mol. The molecule has 1 saturated heterocycles. The van der Waals surface area contributed by atoms with Gasteiger partial charge >= 0.3 is 6.03 Å². The lowest BCUT2D eigenvalue weighted by atomic mass is 10.2. The highest BCUT2D eigenvalue weighted by atomic mass is 16.3. The fourth-order valence-corrected chi connectivity index (χ4v) is 2.23. The van der Waals surface area contributed by atoms with Crippen molar-refractivity contribution in [2.45, 2.75) is 32.2 Å². The lowest BCUT2D eigenvalue weighted by molar-refractivity contribution is 0.162. The molecule has 4 heteroatoms. The maximum absolute atomic E-state index is 12.2. The number of carbonyl (C=O) groups is 1. The Morgan fingerprint density at radius 1 is 1.35 bits per heavy atom. The molecular formula is C13H20N2O2. The smallest absolute Gasteiger partial charge is 0.320 e. The van der Waals surface area contributed by atoms with Gasteiger partial charge in [-0.2, -0.15) is 0 Å². The first-order valence-corrected chi connectivity index (χ1v) is 6.28. The molecule has 0 aliphatic carbocycles. The molecule has 0 saturated carbocycles. The average Bonchev–Trinajstić information content (AvgIpc) is 2.68. The van der Waals surface area contributed by atoms with Crippen molar-refractivity contribution < 1.29 is 9.21 Å². The molecule has 1 fully saturated rings. The molecule has 0 spiro atoms. The molecule has 0 unspecified atom stereocenters. The second kappa shape index (κ2) is 5.75. The van der Waals surface area contributed by atoms with E-state index in [0.29, 0.717) is 6.54 Å². The Morgan fingerprint density at radius 3 is 2.65 bits per heavy atom. The molecule has 2 heterocycles. The van der Waals surface area contributed by atoms with Crippen LogP contribution in [0.1, 0.15) is 31.2 Å². The number of carbonyl (C=O) groups excluding carboxylic acids is 1. The first-order chi connectivity index (χ1) is 8.27. The number of furan rings is 1. The monoisotopic (exact) mass is 236 g/mol. The van der Waals surface area contributed by atoms with Gasteiger partial charge in [-0.25, -0.2) is 4.79 Å². The topological polar surface area (TPSA) is 36.7 Å². The lowest BCUT2D eigenvalue weighted by Gasteiger charge is -2.26. The van der Waals surface area contributed by atoms with Crippen LogP contribution < -0.4 is 0 Å². The van der Waals surface area contributed by atoms with E-state index >= 15 is 0 Å². The Kier molecular flexibility index (Phi) is 4.07. The second-order valence-electron chi connectivity index (χ2n) is 4.67. The summed E-state index contributed by atoms with van der Waals surface area (Å²) in [4.78, 5) is 15.9. The number of hydrogen-bond donors (Lipinski definition) is 0. The van der Waals surface area contributed by atoms with Gasteiger partial charge in [-0.3, -0.25) is 0 Å². The van der Waals surface area contributed by atoms with E-state index in [0.717, 1.165) is 31.5 Å². The van der Waals surface area contributed by atoms with Gasteiger partial charge in [-0.05, 0) is 18.9 Å². The summed E-state index contributed by atoms with van der Waals surface area (Å²) in [5.74, 6) is 0. The van der Waals surface area contributed by atoms with Crippen LogP contribution in [-0.2, 0) is 6.54 Å². The van der Waals surface area contributed by atoms with Gasteiger partial charge in [0.2, 0.25) is 0 Å². The highest BCUT2D eigenvalue weighted by Crippen LogP contribution is 2.12. The third-order valence-corrected chi connectivity index (χ3v) is 3.20. The molecule has 1 aromatic rings. The zero-order valence-electron chi connectivity index (χ0n) is 10.4. The summed E-state index contributed by atoms with van der Waals surface area (Å²) < 4.78 is 5.01. The molecule has 2 rings (SSSR count). The van der Waals surface area contributed by atoms with Crippen LogP contribution >= 0.6 is 0 Å². The van der Waals surface area contributed by atoms with Gasteiger partial charge in [0, 0.05) is 25.7 Å². The van der Waals surface area contributed by atoms with Gasteiger partial charge in [-0.1, -0.05) is 12.8 Å². The molecule has 94 valence electrons. The highest BCUT2D eigenvalue weighted by Gasteiger charge is 2.19. The second-order valence-corrected chi connectivity index (χ2v) is 4.67. The molecule has 4 nitrogen and oxygen atoms in total. The number of hydrogen-bond acceptors (Lipinski definition) is 2. The summed E-state index contributed by atoms with van der Waals surface area (Å²) in [6.45, 7) is 2.41. The van der Waals surface area contributed by atoms with Gasteiger partial charge < -0.3 is 14.2 Å². The molecule has 1 aliphatic rings. The van der Waals surface area contributed by atoms with Crippen molar-refractivity contribution in [1.82, 2.24) is 9.80 Å². The van der Waals surface area contributed by atoms with E-state index in [1.807, 2.05) is 18.0 Å². The van der Waals surface area contributed by atoms with Crippen LogP contribution in [0.5, 0.6) is 0 Å². The van der Waals surface area contributed by atoms with Crippen molar-refractivity contribution in [3.05, 3.63) is 24.2 Å². The fraction of sp³-hybridized carbons (Fsp3) is 0.615. The standard InChI is InChI=1S/C13H20N2O2/c1-14(10-12-6-9-17-11-12)13(16)15-7-4-2-3-5-8-15/h6,9,11H,2-5,7-8,10H2,1H3. The highest BCUT2D eigenvalue weighted by molar-refractivity contribution is 5.74. The van der Waals surface area contributed by atoms with Crippen molar-refractivity contribution in [3.63, 3.8) is 0 Å². The predicted molar refractivity (Wildman–Crippen MR) is 65.6 cm³/mol. The normalized spacial score (nSPS) is 16.6. The summed E-state index contributed by atoms with van der Waals surface area (Å²) in [6.07, 6.45) is 8.08. The molecule has 0 aromatic carbocycles. The fourth-order valence-electron chi connectivity index (χ4n) is 2.23. The van der Waals surface area contributed by atoms with Crippen LogP contribution in [-0.4, -0.2) is 36.0 Å². The van der Waals surface area contributed by atoms with Crippen LogP contribution in [0.4, 0.5) is 4.79 Å². The maximum atomic E-state index is 12.2. The Balaban J connectivity index is 1.89. The summed E-state index contributed by atoms with van der Waals surface area (Å²) in [7, 11) is 1.85. The predicted octanol–water partition coefficient (Wildman–Crippen LogP) is 2.71. The van der Waals surface area contributed by atoms with Gasteiger partial charge in [0.15, 0.2) is 0 Å². The van der Waals surface area contributed by atoms with Crippen LogP contribution in [0.2, 0.25) is 0 Å². The van der Waals surface area contributed by atoms with Crippen LogP contribution in [0.25, 0.3) is 0 Å². The molecule has 0 bridgehead atoms. The quantitative estimate of drug-likeness (QED) is 0.791. The molecule has 1 aliphatic heterocycles. The van der Waals surface area contributed by atoms with Crippen molar-refractivity contribution in [3.8, 4) is 0 Å². The largest absolute Gasteiger partial charge is 0.472 e. The zero-order valence-corrected chi connectivity index (χ0v) is 10.4. The van der Waals surface area contributed by atoms with E-state index in [4.69, 9.17) is 4.42 Å². The van der Waals surface area contributed by atoms with Gasteiger partial charge in [0.05, 0.1) is 19.1 Å². The maximum Gasteiger partial charge on any atom is 0.320 e. The van der Waals surface area contributed by atoms with E-state index in [1.54, 1.807) is 17.4 Å². The Labute approximate surface area is 102 Å². The first kappa shape index (κ1) is 12.0. The van der Waals surface area contributed by atoms with Crippen LogP contribution in [0.3, 0.4) is 0 Å². The molecule has 2 amide bonds. The van der Waals surface area contributed by atoms with E-state index < -0.39 is 0 Å². The van der Waals surface area contributed by atoms with Crippen LogP contribution in [0, 0.1) is 0 Å². The van der Waals surface area contributed by atoms with E-state index in [-0.39, 0.29) is 6.03 Å². The van der Waals surface area contributed by atoms with Crippen molar-refractivity contribution in [2.75, 3.05) is 20.1 Å². The molecular weight excluding hydrogens is 216 g/mol. The van der Waals surface area contributed by atoms with Crippen LogP contribution in [0.15, 0.2) is 23.0 Å². The Morgan fingerprint density at radius 2 is 2.06 bits per heavy atom. The van der Waals surface area contributed by atoms with Crippen molar-refractivity contribution >= 4 is 6.03 Å². The minimum Gasteiger partial charge on any atom is -0.472 e. The summed E-state index contributed by atoms with van der Waals surface area (Å²) in [5.41, 5.74) is 1.04. The van der Waals surface area contributed by atoms with Gasteiger partial charge in [-0.15, -0.1) is 0 Å². The third-order valence-electron chi connectivity index (χ3n) is 3.20. The minimum atomic E-state index is 0.133. The molecule has 1 aromatic heterocycles. The summed E-state index contributed by atoms with van der Waals surface area (Å²) >= 11 is 0. The number of amides is 2. The molecule has 0 atom stereocenters. The Hall–Kier alpha value is -1.45. The van der Waals surface area contributed by atoms with Gasteiger partial charge in [0.25, 0.3) is 0 Å². The van der Waals surface area contributed by atoms with Crippen molar-refractivity contribution in [1.29, 1.82) is 0 Å². The summed E-state index contributed by atoms with van der Waals surface area (Å²) in [5, 5.41) is 0. The van der Waals surface area contributed by atoms with Gasteiger partial charge in [0.1, 0.15) is 0 Å². The van der Waals surface area contributed by atoms with Crippen molar-refractivity contribution in [2.24, 2.45) is 0 Å². The lowest BCUT2D eigenvalue weighted by Crippen LogP contribution is -2.41. The number of rotatable bonds is 2. The van der Waals surface area contributed by atoms with E-state index in [2.05, 4.69) is 0 Å². The van der Waals surface area contributed by atoms with E-state index in [1.165, 1.54) is 12.8 Å². The zero-order chi connectivity index (χ0) is 12.1. The number of urea groups is 1. The third kappa shape index (κ3) is 3.25. The number of nitrogens with zero attached hydrogens (tertiary/aromatic N) is 2. The first-order valence-electron chi connectivity index (χ1n) is 6.28.